The Morgan fingerprint density at radius 2 is 2.00 bits per heavy atom. The zero-order valence-corrected chi connectivity index (χ0v) is 14.7. The highest BCUT2D eigenvalue weighted by molar-refractivity contribution is 7.98. The summed E-state index contributed by atoms with van der Waals surface area (Å²) in [5, 5.41) is 9.01. The molecule has 2 aromatic heterocycles. The van der Waals surface area contributed by atoms with E-state index in [1.807, 2.05) is 17.9 Å². The van der Waals surface area contributed by atoms with E-state index in [2.05, 4.69) is 10.2 Å². The summed E-state index contributed by atoms with van der Waals surface area (Å²) >= 11 is 2.72. The number of morpholine rings is 1. The third-order valence-electron chi connectivity index (χ3n) is 3.38. The first kappa shape index (κ1) is 15.9. The van der Waals surface area contributed by atoms with Crippen molar-refractivity contribution in [3.05, 3.63) is 12.1 Å². The zero-order chi connectivity index (χ0) is 15.7. The summed E-state index contributed by atoms with van der Waals surface area (Å²) in [6, 6.07) is 3.42. The molecule has 0 amide bonds. The van der Waals surface area contributed by atoms with Gasteiger partial charge in [0.1, 0.15) is 4.21 Å². The van der Waals surface area contributed by atoms with Crippen molar-refractivity contribution in [3.63, 3.8) is 0 Å². The number of hydrogen-bond donors (Lipinski definition) is 0. The van der Waals surface area contributed by atoms with Crippen LogP contribution in [0.3, 0.4) is 0 Å². The molecule has 0 radical (unpaired) electrons. The number of aromatic nitrogens is 3. The summed E-state index contributed by atoms with van der Waals surface area (Å²) in [7, 11) is -1.58. The molecule has 22 heavy (non-hydrogen) atoms. The van der Waals surface area contributed by atoms with Crippen molar-refractivity contribution in [2.24, 2.45) is 7.05 Å². The first-order valence-electron chi connectivity index (χ1n) is 6.65. The molecule has 0 spiro atoms. The molecule has 0 bridgehead atoms. The van der Waals surface area contributed by atoms with Crippen molar-refractivity contribution >= 4 is 33.1 Å². The van der Waals surface area contributed by atoms with Crippen LogP contribution in [0.1, 0.15) is 0 Å². The van der Waals surface area contributed by atoms with Gasteiger partial charge in [-0.1, -0.05) is 11.8 Å². The molecule has 1 fully saturated rings. The largest absolute Gasteiger partial charge is 0.379 e. The Labute approximate surface area is 137 Å². The number of thioether (sulfide) groups is 1. The third-order valence-corrected chi connectivity index (χ3v) is 7.55. The van der Waals surface area contributed by atoms with Gasteiger partial charge in [-0.3, -0.25) is 0 Å². The number of nitrogens with zero attached hydrogens (tertiary/aromatic N) is 4. The molecular formula is C12H16N4O3S3. The lowest BCUT2D eigenvalue weighted by Crippen LogP contribution is -2.40. The van der Waals surface area contributed by atoms with Crippen molar-refractivity contribution in [1.29, 1.82) is 0 Å². The average Bonchev–Trinajstić information content (AvgIpc) is 3.15. The summed E-state index contributed by atoms with van der Waals surface area (Å²) in [4.78, 5) is 0.794. The minimum absolute atomic E-state index is 0.332. The second kappa shape index (κ2) is 6.28. The second-order valence-electron chi connectivity index (χ2n) is 4.70. The first-order chi connectivity index (χ1) is 10.5. The molecule has 10 heteroatoms. The summed E-state index contributed by atoms with van der Waals surface area (Å²) in [5.74, 6) is 0.678. The fraction of sp³-hybridized carbons (Fsp3) is 0.500. The van der Waals surface area contributed by atoms with Crippen LogP contribution in [0.25, 0.3) is 10.7 Å². The van der Waals surface area contributed by atoms with E-state index in [1.54, 1.807) is 12.1 Å². The van der Waals surface area contributed by atoms with Crippen molar-refractivity contribution in [3.8, 4) is 10.7 Å². The Morgan fingerprint density at radius 1 is 1.27 bits per heavy atom. The van der Waals surface area contributed by atoms with Crippen LogP contribution >= 0.6 is 23.1 Å². The van der Waals surface area contributed by atoms with Crippen molar-refractivity contribution in [2.75, 3.05) is 32.6 Å². The van der Waals surface area contributed by atoms with Crippen LogP contribution in [0.15, 0.2) is 21.5 Å². The van der Waals surface area contributed by atoms with Crippen LogP contribution < -0.4 is 0 Å². The van der Waals surface area contributed by atoms with Crippen molar-refractivity contribution in [1.82, 2.24) is 19.1 Å². The normalized spacial score (nSPS) is 17.0. The van der Waals surface area contributed by atoms with E-state index >= 15 is 0 Å². The van der Waals surface area contributed by atoms with E-state index in [0.29, 0.717) is 36.3 Å². The lowest BCUT2D eigenvalue weighted by Gasteiger charge is -2.25. The maximum absolute atomic E-state index is 12.6. The van der Waals surface area contributed by atoms with Crippen LogP contribution in [0.2, 0.25) is 0 Å². The van der Waals surface area contributed by atoms with Crippen LogP contribution in [-0.4, -0.2) is 60.0 Å². The van der Waals surface area contributed by atoms with Gasteiger partial charge in [0.2, 0.25) is 0 Å². The molecule has 0 aromatic carbocycles. The Bertz CT molecular complexity index is 762. The molecule has 0 atom stereocenters. The maximum atomic E-state index is 12.6. The molecule has 120 valence electrons. The van der Waals surface area contributed by atoms with E-state index in [4.69, 9.17) is 4.74 Å². The number of ether oxygens (including phenoxy) is 1. The number of thiophene rings is 1. The van der Waals surface area contributed by atoms with Gasteiger partial charge in [0, 0.05) is 20.1 Å². The molecule has 1 saturated heterocycles. The topological polar surface area (TPSA) is 77.3 Å². The Hall–Kier alpha value is -0.940. The van der Waals surface area contributed by atoms with E-state index in [1.165, 1.54) is 27.4 Å². The molecule has 0 N–H and O–H groups in total. The lowest BCUT2D eigenvalue weighted by molar-refractivity contribution is 0.0731. The Balaban J connectivity index is 1.91. The smallest absolute Gasteiger partial charge is 0.252 e. The molecule has 1 aliphatic heterocycles. The fourth-order valence-corrected chi connectivity index (χ4v) is 5.57. The van der Waals surface area contributed by atoms with Gasteiger partial charge in [-0.15, -0.1) is 21.5 Å². The highest BCUT2D eigenvalue weighted by Gasteiger charge is 2.28. The van der Waals surface area contributed by atoms with Crippen LogP contribution in [-0.2, 0) is 21.8 Å². The zero-order valence-electron chi connectivity index (χ0n) is 12.2. The second-order valence-corrected chi connectivity index (χ2v) is 8.73. The van der Waals surface area contributed by atoms with Gasteiger partial charge in [0.25, 0.3) is 10.0 Å². The molecule has 7 nitrogen and oxygen atoms in total. The molecule has 2 aromatic rings. The highest BCUT2D eigenvalue weighted by atomic mass is 32.2. The highest BCUT2D eigenvalue weighted by Crippen LogP contribution is 2.32. The standard InChI is InChI=1S/C12H16N4O3S3/c1-15-11(13-14-12(15)20-2)9-3-4-10(21-9)22(17,18)16-5-7-19-8-6-16/h3-4H,5-8H2,1-2H3. The van der Waals surface area contributed by atoms with Gasteiger partial charge < -0.3 is 9.30 Å². The van der Waals surface area contributed by atoms with Gasteiger partial charge in [0.15, 0.2) is 11.0 Å². The van der Waals surface area contributed by atoms with Crippen molar-refractivity contribution in [2.45, 2.75) is 9.37 Å². The van der Waals surface area contributed by atoms with Gasteiger partial charge >= 0.3 is 0 Å². The molecule has 3 heterocycles. The van der Waals surface area contributed by atoms with E-state index in [0.717, 1.165) is 10.0 Å². The minimum atomic E-state index is -3.45. The maximum Gasteiger partial charge on any atom is 0.252 e. The quantitative estimate of drug-likeness (QED) is 0.765. The Kier molecular flexibility index (Phi) is 4.55. The fourth-order valence-electron chi connectivity index (χ4n) is 2.20. The van der Waals surface area contributed by atoms with Crippen LogP contribution in [0.5, 0.6) is 0 Å². The summed E-state index contributed by atoms with van der Waals surface area (Å²) < 4.78 is 34.1. The summed E-state index contributed by atoms with van der Waals surface area (Å²) in [6.07, 6.45) is 1.93. The summed E-state index contributed by atoms with van der Waals surface area (Å²) in [6.45, 7) is 1.68. The van der Waals surface area contributed by atoms with E-state index in [9.17, 15) is 8.42 Å². The SMILES string of the molecule is CSc1nnc(-c2ccc(S(=O)(=O)N3CCOCC3)s2)n1C. The number of hydrogen-bond acceptors (Lipinski definition) is 7. The summed E-state index contributed by atoms with van der Waals surface area (Å²) in [5.41, 5.74) is 0. The molecule has 3 rings (SSSR count). The lowest BCUT2D eigenvalue weighted by atomic mass is 10.4. The number of sulfonamides is 1. The first-order valence-corrected chi connectivity index (χ1v) is 10.1. The predicted octanol–water partition coefficient (Wildman–Crippen LogP) is 1.29. The van der Waals surface area contributed by atoms with Crippen LogP contribution in [0.4, 0.5) is 0 Å². The molecule has 0 saturated carbocycles. The Morgan fingerprint density at radius 3 is 2.64 bits per heavy atom. The molecule has 0 aliphatic carbocycles. The third kappa shape index (κ3) is 2.81. The van der Waals surface area contributed by atoms with E-state index in [-0.39, 0.29) is 0 Å². The monoisotopic (exact) mass is 360 g/mol. The van der Waals surface area contributed by atoms with Crippen LogP contribution in [0, 0.1) is 0 Å². The van der Waals surface area contributed by atoms with Gasteiger partial charge in [-0.25, -0.2) is 8.42 Å². The van der Waals surface area contributed by atoms with Gasteiger partial charge in [-0.05, 0) is 18.4 Å². The predicted molar refractivity (Wildman–Crippen MR) is 85.7 cm³/mol. The molecular weight excluding hydrogens is 344 g/mol. The van der Waals surface area contributed by atoms with Gasteiger partial charge in [0.05, 0.1) is 18.1 Å². The average molecular weight is 360 g/mol. The van der Waals surface area contributed by atoms with Gasteiger partial charge in [-0.2, -0.15) is 4.31 Å². The van der Waals surface area contributed by atoms with Crippen molar-refractivity contribution < 1.29 is 13.2 Å². The molecule has 0 unspecified atom stereocenters. The van der Waals surface area contributed by atoms with E-state index < -0.39 is 10.0 Å². The molecule has 1 aliphatic rings. The minimum Gasteiger partial charge on any atom is -0.379 e. The number of rotatable bonds is 4.